The van der Waals surface area contributed by atoms with Gasteiger partial charge in [-0.2, -0.15) is 0 Å². The van der Waals surface area contributed by atoms with E-state index in [1.807, 2.05) is 42.5 Å². The third-order valence-electron chi connectivity index (χ3n) is 3.56. The topological polar surface area (TPSA) is 74.4 Å². The quantitative estimate of drug-likeness (QED) is 0.595. The lowest BCUT2D eigenvalue weighted by molar-refractivity contribution is 1.18. The Balaban J connectivity index is 1.89. The maximum atomic E-state index is 12.2. The minimum atomic E-state index is -0.132. The molecule has 2 N–H and O–H groups in total. The summed E-state index contributed by atoms with van der Waals surface area (Å²) in [6, 6.07) is 15.1. The molecule has 0 saturated heterocycles. The Morgan fingerprint density at radius 1 is 0.955 bits per heavy atom. The van der Waals surface area contributed by atoms with E-state index in [0.29, 0.717) is 16.7 Å². The van der Waals surface area contributed by atoms with Crippen molar-refractivity contribution in [1.29, 1.82) is 0 Å². The SMILES string of the molecule is O=c1[nH]c(-c2cccc(-c3cnc[nH]3)c2)nc2ccccc12. The second-order valence-corrected chi connectivity index (χ2v) is 4.98. The number of hydrogen-bond donors (Lipinski definition) is 2. The van der Waals surface area contributed by atoms with Gasteiger partial charge in [-0.1, -0.05) is 30.3 Å². The summed E-state index contributed by atoms with van der Waals surface area (Å²) >= 11 is 0. The van der Waals surface area contributed by atoms with Crippen molar-refractivity contribution in [2.45, 2.75) is 0 Å². The van der Waals surface area contributed by atoms with Crippen LogP contribution in [-0.2, 0) is 0 Å². The third kappa shape index (κ3) is 2.09. The van der Waals surface area contributed by atoms with Crippen LogP contribution in [-0.4, -0.2) is 19.9 Å². The van der Waals surface area contributed by atoms with Crippen LogP contribution in [0.5, 0.6) is 0 Å². The molecule has 0 amide bonds. The summed E-state index contributed by atoms with van der Waals surface area (Å²) in [6.45, 7) is 0. The van der Waals surface area contributed by atoms with Crippen molar-refractivity contribution < 1.29 is 0 Å². The van der Waals surface area contributed by atoms with E-state index >= 15 is 0 Å². The summed E-state index contributed by atoms with van der Waals surface area (Å²) in [6.07, 6.45) is 3.40. The fourth-order valence-electron chi connectivity index (χ4n) is 2.47. The molecule has 0 radical (unpaired) electrons. The van der Waals surface area contributed by atoms with E-state index < -0.39 is 0 Å². The molecule has 4 aromatic rings. The van der Waals surface area contributed by atoms with Gasteiger partial charge in [0.25, 0.3) is 5.56 Å². The van der Waals surface area contributed by atoms with Crippen molar-refractivity contribution in [3.8, 4) is 22.6 Å². The van der Waals surface area contributed by atoms with Crippen LogP contribution in [0.3, 0.4) is 0 Å². The fraction of sp³-hybridized carbons (Fsp3) is 0. The lowest BCUT2D eigenvalue weighted by Gasteiger charge is -2.05. The van der Waals surface area contributed by atoms with Gasteiger partial charge < -0.3 is 9.97 Å². The van der Waals surface area contributed by atoms with E-state index in [-0.39, 0.29) is 5.56 Å². The van der Waals surface area contributed by atoms with E-state index in [1.54, 1.807) is 18.6 Å². The van der Waals surface area contributed by atoms with Crippen LogP contribution >= 0.6 is 0 Å². The highest BCUT2D eigenvalue weighted by molar-refractivity contribution is 5.79. The van der Waals surface area contributed by atoms with Gasteiger partial charge in [0.2, 0.25) is 0 Å². The first kappa shape index (κ1) is 12.5. The number of aromatic amines is 2. The molecule has 0 fully saturated rings. The molecule has 22 heavy (non-hydrogen) atoms. The van der Waals surface area contributed by atoms with Gasteiger partial charge in [0, 0.05) is 11.1 Å². The summed E-state index contributed by atoms with van der Waals surface area (Å²) in [4.78, 5) is 26.7. The van der Waals surface area contributed by atoms with Gasteiger partial charge >= 0.3 is 0 Å². The first-order valence-electron chi connectivity index (χ1n) is 6.89. The van der Waals surface area contributed by atoms with Crippen LogP contribution in [0.15, 0.2) is 65.8 Å². The number of rotatable bonds is 2. The van der Waals surface area contributed by atoms with E-state index in [9.17, 15) is 4.79 Å². The predicted molar refractivity (Wildman–Crippen MR) is 85.4 cm³/mol. The van der Waals surface area contributed by atoms with Gasteiger partial charge in [0.15, 0.2) is 0 Å². The van der Waals surface area contributed by atoms with Gasteiger partial charge in [-0.15, -0.1) is 0 Å². The van der Waals surface area contributed by atoms with E-state index in [1.165, 1.54) is 0 Å². The summed E-state index contributed by atoms with van der Waals surface area (Å²) < 4.78 is 0. The van der Waals surface area contributed by atoms with Gasteiger partial charge in [-0.3, -0.25) is 4.79 Å². The van der Waals surface area contributed by atoms with E-state index in [4.69, 9.17) is 0 Å². The smallest absolute Gasteiger partial charge is 0.259 e. The second kappa shape index (κ2) is 4.96. The van der Waals surface area contributed by atoms with Crippen LogP contribution in [0.2, 0.25) is 0 Å². The molecule has 106 valence electrons. The van der Waals surface area contributed by atoms with Crippen LogP contribution in [0, 0.1) is 0 Å². The third-order valence-corrected chi connectivity index (χ3v) is 3.56. The number of hydrogen-bond acceptors (Lipinski definition) is 3. The number of benzene rings is 2. The molecule has 0 aliphatic rings. The molecule has 5 nitrogen and oxygen atoms in total. The molecular weight excluding hydrogens is 276 g/mol. The zero-order valence-electron chi connectivity index (χ0n) is 11.6. The van der Waals surface area contributed by atoms with E-state index in [0.717, 1.165) is 16.8 Å². The molecule has 2 aromatic carbocycles. The summed E-state index contributed by atoms with van der Waals surface area (Å²) in [7, 11) is 0. The van der Waals surface area contributed by atoms with Crippen LogP contribution in [0.4, 0.5) is 0 Å². The average molecular weight is 288 g/mol. The second-order valence-electron chi connectivity index (χ2n) is 4.98. The summed E-state index contributed by atoms with van der Waals surface area (Å²) in [5.74, 6) is 0.560. The molecule has 0 spiro atoms. The standard InChI is InChI=1S/C17H12N4O/c22-17-13-6-1-2-7-14(13)20-16(21-17)12-5-3-4-11(8-12)15-9-18-10-19-15/h1-10H,(H,18,19)(H,20,21,22). The van der Waals surface area contributed by atoms with Crippen molar-refractivity contribution in [2.24, 2.45) is 0 Å². The first-order chi connectivity index (χ1) is 10.8. The number of para-hydroxylation sites is 1. The number of H-pyrrole nitrogens is 2. The Morgan fingerprint density at radius 2 is 1.82 bits per heavy atom. The Morgan fingerprint density at radius 3 is 2.68 bits per heavy atom. The zero-order valence-corrected chi connectivity index (χ0v) is 11.6. The van der Waals surface area contributed by atoms with Crippen LogP contribution in [0.25, 0.3) is 33.5 Å². The minimum Gasteiger partial charge on any atom is -0.345 e. The molecule has 4 rings (SSSR count). The lowest BCUT2D eigenvalue weighted by atomic mass is 10.1. The van der Waals surface area contributed by atoms with Crippen LogP contribution in [0.1, 0.15) is 0 Å². The zero-order chi connectivity index (χ0) is 14.9. The fourth-order valence-corrected chi connectivity index (χ4v) is 2.47. The Hall–Kier alpha value is -3.21. The highest BCUT2D eigenvalue weighted by atomic mass is 16.1. The number of fused-ring (bicyclic) bond motifs is 1. The number of nitrogens with one attached hydrogen (secondary N) is 2. The van der Waals surface area contributed by atoms with E-state index in [2.05, 4.69) is 19.9 Å². The average Bonchev–Trinajstić information content (AvgIpc) is 3.09. The van der Waals surface area contributed by atoms with Gasteiger partial charge in [0.05, 0.1) is 29.1 Å². The molecule has 0 unspecified atom stereocenters. The monoisotopic (exact) mass is 288 g/mol. The Kier molecular flexibility index (Phi) is 2.83. The van der Waals surface area contributed by atoms with Crippen molar-refractivity contribution >= 4 is 10.9 Å². The Bertz CT molecular complexity index is 1000. The van der Waals surface area contributed by atoms with Crippen molar-refractivity contribution in [3.05, 3.63) is 71.4 Å². The Labute approximate surface area is 125 Å². The number of nitrogens with zero attached hydrogens (tertiary/aromatic N) is 2. The molecule has 0 bridgehead atoms. The molecule has 0 saturated carbocycles. The highest BCUT2D eigenvalue weighted by Crippen LogP contribution is 2.23. The van der Waals surface area contributed by atoms with Gasteiger partial charge in [0.1, 0.15) is 5.82 Å². The van der Waals surface area contributed by atoms with Crippen molar-refractivity contribution in [2.75, 3.05) is 0 Å². The van der Waals surface area contributed by atoms with Crippen LogP contribution < -0.4 is 5.56 Å². The van der Waals surface area contributed by atoms with Crippen molar-refractivity contribution in [3.63, 3.8) is 0 Å². The van der Waals surface area contributed by atoms with Gasteiger partial charge in [-0.25, -0.2) is 9.97 Å². The maximum absolute atomic E-state index is 12.2. The maximum Gasteiger partial charge on any atom is 0.259 e. The molecular formula is C17H12N4O. The normalized spacial score (nSPS) is 10.9. The van der Waals surface area contributed by atoms with Crippen molar-refractivity contribution in [1.82, 2.24) is 19.9 Å². The lowest BCUT2D eigenvalue weighted by Crippen LogP contribution is -2.09. The number of imidazole rings is 1. The predicted octanol–water partition coefficient (Wildman–Crippen LogP) is 2.98. The first-order valence-corrected chi connectivity index (χ1v) is 6.89. The number of aromatic nitrogens is 4. The molecule has 2 heterocycles. The molecule has 2 aromatic heterocycles. The largest absolute Gasteiger partial charge is 0.345 e. The summed E-state index contributed by atoms with van der Waals surface area (Å²) in [5.41, 5.74) is 3.33. The summed E-state index contributed by atoms with van der Waals surface area (Å²) in [5, 5.41) is 0.593. The van der Waals surface area contributed by atoms with Gasteiger partial charge in [-0.05, 0) is 18.2 Å². The molecule has 0 aliphatic heterocycles. The molecule has 0 atom stereocenters. The molecule has 0 aliphatic carbocycles. The molecule has 5 heteroatoms. The minimum absolute atomic E-state index is 0.132. The highest BCUT2D eigenvalue weighted by Gasteiger charge is 2.07.